The molecule has 2 heterocycles. The number of carbonyl (C=O) groups excluding carboxylic acids is 2. The van der Waals surface area contributed by atoms with Crippen LogP contribution >= 0.6 is 0 Å². The first-order valence-corrected chi connectivity index (χ1v) is 8.31. The van der Waals surface area contributed by atoms with Crippen LogP contribution in [0.2, 0.25) is 0 Å². The largest absolute Gasteiger partial charge is 0.325 e. The maximum Gasteiger partial charge on any atom is 0.325 e. The third-order valence-electron chi connectivity index (χ3n) is 4.52. The molecular weight excluding hydrogens is 333 g/mol. The quantitative estimate of drug-likeness (QED) is 0.737. The van der Waals surface area contributed by atoms with E-state index in [0.717, 1.165) is 10.5 Å². The van der Waals surface area contributed by atoms with E-state index in [4.69, 9.17) is 0 Å². The molecule has 3 aromatic rings. The van der Waals surface area contributed by atoms with Crippen molar-refractivity contribution in [3.05, 3.63) is 77.7 Å². The molecule has 0 spiro atoms. The lowest BCUT2D eigenvalue weighted by atomic mass is 10.1. The Labute approximate surface area is 149 Å². The van der Waals surface area contributed by atoms with Crippen molar-refractivity contribution in [1.29, 1.82) is 0 Å². The number of amides is 3. The Bertz CT molecular complexity index is 991. The summed E-state index contributed by atoms with van der Waals surface area (Å²) in [6, 6.07) is 14.7. The molecule has 0 bridgehead atoms. The number of carbonyl (C=O) groups is 2. The Morgan fingerprint density at radius 3 is 2.65 bits per heavy atom. The van der Waals surface area contributed by atoms with Crippen LogP contribution in [0.15, 0.2) is 60.8 Å². The van der Waals surface area contributed by atoms with E-state index in [0.29, 0.717) is 22.9 Å². The van der Waals surface area contributed by atoms with Crippen LogP contribution in [0.4, 0.5) is 9.18 Å². The molecule has 0 aliphatic carbocycles. The summed E-state index contributed by atoms with van der Waals surface area (Å²) in [6.45, 7) is 0.0593. The van der Waals surface area contributed by atoms with Gasteiger partial charge in [0.1, 0.15) is 11.9 Å². The third kappa shape index (κ3) is 2.90. The predicted molar refractivity (Wildman–Crippen MR) is 94.7 cm³/mol. The van der Waals surface area contributed by atoms with Crippen LogP contribution in [-0.2, 0) is 17.8 Å². The molecule has 0 radical (unpaired) electrons. The second kappa shape index (κ2) is 6.55. The number of fused-ring (bicyclic) bond motifs is 1. The lowest BCUT2D eigenvalue weighted by Crippen LogP contribution is -2.32. The highest BCUT2D eigenvalue weighted by atomic mass is 19.1. The van der Waals surface area contributed by atoms with Gasteiger partial charge in [-0.15, -0.1) is 0 Å². The summed E-state index contributed by atoms with van der Waals surface area (Å²) in [7, 11) is 0. The summed E-state index contributed by atoms with van der Waals surface area (Å²) in [6.07, 6.45) is 2.00. The van der Waals surface area contributed by atoms with Gasteiger partial charge < -0.3 is 5.32 Å². The number of pyridine rings is 1. The first kappa shape index (κ1) is 16.2. The van der Waals surface area contributed by atoms with E-state index in [-0.39, 0.29) is 18.3 Å². The van der Waals surface area contributed by atoms with Gasteiger partial charge in [-0.3, -0.25) is 14.7 Å². The average molecular weight is 349 g/mol. The smallest absolute Gasteiger partial charge is 0.325 e. The second-order valence-electron chi connectivity index (χ2n) is 6.22. The normalized spacial score (nSPS) is 17.0. The Morgan fingerprint density at radius 1 is 1.04 bits per heavy atom. The van der Waals surface area contributed by atoms with E-state index in [1.54, 1.807) is 24.4 Å². The van der Waals surface area contributed by atoms with Gasteiger partial charge in [0.05, 0.1) is 12.1 Å². The second-order valence-corrected chi connectivity index (χ2v) is 6.22. The number of nitrogens with one attached hydrogen (secondary N) is 1. The maximum atomic E-state index is 13.9. The lowest BCUT2D eigenvalue weighted by molar-refractivity contribution is -0.127. The SMILES string of the molecule is O=C1N[C@H](Cc2ccccc2)C(=O)N1Cc1ccc(F)c2cccnc12. The number of hydrogen-bond donors (Lipinski definition) is 1. The predicted octanol–water partition coefficient (Wildman–Crippen LogP) is 3.04. The van der Waals surface area contributed by atoms with Crippen LogP contribution in [0.5, 0.6) is 0 Å². The van der Waals surface area contributed by atoms with Gasteiger partial charge in [0.15, 0.2) is 0 Å². The minimum Gasteiger partial charge on any atom is -0.325 e. The van der Waals surface area contributed by atoms with Crippen LogP contribution in [0.25, 0.3) is 10.9 Å². The molecule has 1 N–H and O–H groups in total. The Kier molecular flexibility index (Phi) is 4.08. The molecule has 0 saturated carbocycles. The van der Waals surface area contributed by atoms with Crippen LogP contribution in [0.3, 0.4) is 0 Å². The van der Waals surface area contributed by atoms with Crippen molar-refractivity contribution in [1.82, 2.24) is 15.2 Å². The van der Waals surface area contributed by atoms with Crippen LogP contribution < -0.4 is 5.32 Å². The molecule has 1 aliphatic rings. The van der Waals surface area contributed by atoms with Crippen molar-refractivity contribution in [3.8, 4) is 0 Å². The minimum atomic E-state index is -0.593. The summed E-state index contributed by atoms with van der Waals surface area (Å²) >= 11 is 0. The molecule has 26 heavy (non-hydrogen) atoms. The molecule has 5 nitrogen and oxygen atoms in total. The topological polar surface area (TPSA) is 62.3 Å². The van der Waals surface area contributed by atoms with E-state index in [2.05, 4.69) is 10.3 Å². The highest BCUT2D eigenvalue weighted by Crippen LogP contribution is 2.23. The fourth-order valence-corrected chi connectivity index (χ4v) is 3.21. The van der Waals surface area contributed by atoms with Gasteiger partial charge in [-0.2, -0.15) is 0 Å². The summed E-state index contributed by atoms with van der Waals surface area (Å²) in [5.74, 6) is -0.664. The molecule has 1 saturated heterocycles. The standard InChI is InChI=1S/C20H16FN3O2/c21-16-9-8-14(18-15(16)7-4-10-22-18)12-24-19(25)17(23-20(24)26)11-13-5-2-1-3-6-13/h1-10,17H,11-12H2,(H,23,26)/t17-/m1/s1. The molecule has 4 rings (SSSR count). The zero-order valence-corrected chi connectivity index (χ0v) is 13.9. The third-order valence-corrected chi connectivity index (χ3v) is 4.52. The molecule has 1 fully saturated rings. The fraction of sp³-hybridized carbons (Fsp3) is 0.150. The maximum absolute atomic E-state index is 13.9. The molecule has 6 heteroatoms. The Hall–Kier alpha value is -3.28. The molecule has 1 atom stereocenters. The molecule has 0 unspecified atom stereocenters. The van der Waals surface area contributed by atoms with Crippen LogP contribution in [-0.4, -0.2) is 27.9 Å². The number of urea groups is 1. The monoisotopic (exact) mass is 349 g/mol. The lowest BCUT2D eigenvalue weighted by Gasteiger charge is -2.14. The highest BCUT2D eigenvalue weighted by Gasteiger charge is 2.38. The molecule has 2 aromatic carbocycles. The van der Waals surface area contributed by atoms with Crippen LogP contribution in [0, 0.1) is 5.82 Å². The fourth-order valence-electron chi connectivity index (χ4n) is 3.21. The van der Waals surface area contributed by atoms with Gasteiger partial charge >= 0.3 is 6.03 Å². The average Bonchev–Trinajstić information content (AvgIpc) is 2.92. The van der Waals surface area contributed by atoms with Crippen molar-refractivity contribution < 1.29 is 14.0 Å². The molecule has 3 amide bonds. The summed E-state index contributed by atoms with van der Waals surface area (Å²) in [5, 5.41) is 3.10. The zero-order chi connectivity index (χ0) is 18.1. The molecule has 130 valence electrons. The van der Waals surface area contributed by atoms with Gasteiger partial charge in [0.25, 0.3) is 5.91 Å². The van der Waals surface area contributed by atoms with Gasteiger partial charge in [0, 0.05) is 18.0 Å². The number of imide groups is 1. The van der Waals surface area contributed by atoms with Crippen molar-refractivity contribution in [3.63, 3.8) is 0 Å². The molecule has 1 aliphatic heterocycles. The summed E-state index contributed by atoms with van der Waals surface area (Å²) in [4.78, 5) is 30.3. The Balaban J connectivity index is 1.58. The van der Waals surface area contributed by atoms with E-state index in [1.165, 1.54) is 6.07 Å². The number of hydrogen-bond acceptors (Lipinski definition) is 3. The summed E-state index contributed by atoms with van der Waals surface area (Å²) in [5.41, 5.74) is 2.06. The number of aromatic nitrogens is 1. The van der Waals surface area contributed by atoms with Gasteiger partial charge in [-0.1, -0.05) is 36.4 Å². The number of halogens is 1. The van der Waals surface area contributed by atoms with E-state index < -0.39 is 12.1 Å². The first-order chi connectivity index (χ1) is 12.6. The summed E-state index contributed by atoms with van der Waals surface area (Å²) < 4.78 is 13.9. The number of rotatable bonds is 4. The molecule has 1 aromatic heterocycles. The zero-order valence-electron chi connectivity index (χ0n) is 13.9. The van der Waals surface area contributed by atoms with Crippen molar-refractivity contribution in [2.45, 2.75) is 19.0 Å². The number of benzene rings is 2. The highest BCUT2D eigenvalue weighted by molar-refractivity contribution is 6.04. The first-order valence-electron chi connectivity index (χ1n) is 8.31. The van der Waals surface area contributed by atoms with E-state index >= 15 is 0 Å². The number of nitrogens with zero attached hydrogens (tertiary/aromatic N) is 2. The van der Waals surface area contributed by atoms with Crippen LogP contribution in [0.1, 0.15) is 11.1 Å². The Morgan fingerprint density at radius 2 is 1.85 bits per heavy atom. The van der Waals surface area contributed by atoms with E-state index in [9.17, 15) is 14.0 Å². The van der Waals surface area contributed by atoms with E-state index in [1.807, 2.05) is 30.3 Å². The van der Waals surface area contributed by atoms with Gasteiger partial charge in [0.2, 0.25) is 0 Å². The minimum absolute atomic E-state index is 0.0593. The van der Waals surface area contributed by atoms with Crippen molar-refractivity contribution in [2.75, 3.05) is 0 Å². The molecular formula is C20H16FN3O2. The van der Waals surface area contributed by atoms with Crippen molar-refractivity contribution in [2.24, 2.45) is 0 Å². The van der Waals surface area contributed by atoms with Crippen molar-refractivity contribution >= 4 is 22.8 Å². The van der Waals surface area contributed by atoms with Gasteiger partial charge in [-0.25, -0.2) is 9.18 Å². The van der Waals surface area contributed by atoms with Gasteiger partial charge in [-0.05, 0) is 29.3 Å².